The van der Waals surface area contributed by atoms with Crippen LogP contribution in [0.5, 0.6) is 0 Å². The fourth-order valence-electron chi connectivity index (χ4n) is 2.05. The molecule has 1 aliphatic rings. The number of amides is 1. The minimum absolute atomic E-state index is 0.0683. The monoisotopic (exact) mass is 362 g/mol. The van der Waals surface area contributed by atoms with Crippen LogP contribution in [0, 0.1) is 0 Å². The van der Waals surface area contributed by atoms with Crippen molar-refractivity contribution < 1.29 is 9.63 Å². The van der Waals surface area contributed by atoms with Crippen molar-refractivity contribution in [1.29, 1.82) is 0 Å². The van der Waals surface area contributed by atoms with E-state index in [2.05, 4.69) is 32.8 Å². The molecule has 18 heavy (non-hydrogen) atoms. The van der Waals surface area contributed by atoms with E-state index in [-0.39, 0.29) is 6.04 Å². The number of nitrogens with zero attached hydrogens (tertiary/aromatic N) is 2. The summed E-state index contributed by atoms with van der Waals surface area (Å²) in [5, 5.41) is 1.48. The van der Waals surface area contributed by atoms with Crippen LogP contribution in [-0.2, 0) is 9.63 Å². The van der Waals surface area contributed by atoms with E-state index in [4.69, 9.17) is 4.84 Å². The Balaban J connectivity index is 2.82. The van der Waals surface area contributed by atoms with E-state index in [0.29, 0.717) is 6.61 Å². The number of carbonyl (C=O) groups excluding carboxylic acids is 1. The number of hydroxylamine groups is 2. The van der Waals surface area contributed by atoms with E-state index in [1.54, 1.807) is 3.59 Å². The molecule has 1 aliphatic heterocycles. The van der Waals surface area contributed by atoms with E-state index in [1.165, 1.54) is 5.06 Å². The van der Waals surface area contributed by atoms with Crippen LogP contribution >= 0.6 is 0 Å². The van der Waals surface area contributed by atoms with Crippen molar-refractivity contribution >= 4 is 24.8 Å². The van der Waals surface area contributed by atoms with Gasteiger partial charge in [0.15, 0.2) is 0 Å². The van der Waals surface area contributed by atoms with Gasteiger partial charge in [-0.3, -0.25) is 0 Å². The second-order valence-electron chi connectivity index (χ2n) is 6.00. The third-order valence-corrected chi connectivity index (χ3v) is 9.60. The molecule has 104 valence electrons. The van der Waals surface area contributed by atoms with Gasteiger partial charge < -0.3 is 0 Å². The molecule has 0 aliphatic carbocycles. The van der Waals surface area contributed by atoms with Crippen molar-refractivity contribution in [2.45, 2.75) is 34.2 Å². The van der Waals surface area contributed by atoms with Crippen LogP contribution in [0.1, 0.15) is 13.3 Å². The summed E-state index contributed by atoms with van der Waals surface area (Å²) >= 11 is -2.05. The molecule has 0 spiro atoms. The van der Waals surface area contributed by atoms with Gasteiger partial charge in [-0.05, 0) is 0 Å². The third kappa shape index (κ3) is 4.55. The van der Waals surface area contributed by atoms with Crippen LogP contribution in [0.3, 0.4) is 0 Å². The van der Waals surface area contributed by atoms with Gasteiger partial charge in [0.25, 0.3) is 0 Å². The summed E-state index contributed by atoms with van der Waals surface area (Å²) in [6, 6.07) is 0.0683. The summed E-state index contributed by atoms with van der Waals surface area (Å²) in [6.07, 6.45) is 4.01. The van der Waals surface area contributed by atoms with E-state index >= 15 is 0 Å². The van der Waals surface area contributed by atoms with Gasteiger partial charge in [-0.15, -0.1) is 0 Å². The van der Waals surface area contributed by atoms with Gasteiger partial charge in [0.2, 0.25) is 0 Å². The molecule has 0 aromatic carbocycles. The Morgan fingerprint density at radius 2 is 2.22 bits per heavy atom. The van der Waals surface area contributed by atoms with Gasteiger partial charge >= 0.3 is 115 Å². The second-order valence-corrected chi connectivity index (χ2v) is 20.7. The summed E-state index contributed by atoms with van der Waals surface area (Å²) < 4.78 is 1.56. The minimum atomic E-state index is -2.05. The van der Waals surface area contributed by atoms with E-state index in [9.17, 15) is 4.79 Å². The van der Waals surface area contributed by atoms with E-state index in [0.717, 1.165) is 25.9 Å². The van der Waals surface area contributed by atoms with Crippen molar-refractivity contribution in [3.63, 3.8) is 0 Å². The first-order valence-corrected chi connectivity index (χ1v) is 16.6. The van der Waals surface area contributed by atoms with Crippen molar-refractivity contribution in [3.05, 3.63) is 9.67 Å². The Hall–Kier alpha value is -0.0713. The normalized spacial score (nSPS) is 21.6. The topological polar surface area (TPSA) is 32.8 Å². The summed E-state index contributed by atoms with van der Waals surface area (Å²) in [5.41, 5.74) is 0. The molecule has 1 amide bonds. The maximum absolute atomic E-state index is 11.1. The molecule has 0 saturated carbocycles. The molecular formula is C13H26N2O2Sn. The Labute approximate surface area is 115 Å². The molecule has 0 aromatic heterocycles. The fourth-order valence-corrected chi connectivity index (χ4v) is 6.15. The summed E-state index contributed by atoms with van der Waals surface area (Å²) in [5.74, 6) is 0. The maximum atomic E-state index is 11.1. The Morgan fingerprint density at radius 3 is 2.72 bits per heavy atom. The number of hydrogen-bond donors (Lipinski definition) is 0. The van der Waals surface area contributed by atoms with E-state index < -0.39 is 18.4 Å². The average Bonchev–Trinajstić information content (AvgIpc) is 2.28. The van der Waals surface area contributed by atoms with Gasteiger partial charge in [-0.2, -0.15) is 0 Å². The fraction of sp³-hybridized carbons (Fsp3) is 0.769. The molecular weight excluding hydrogens is 335 g/mol. The predicted molar refractivity (Wildman–Crippen MR) is 76.9 cm³/mol. The molecule has 0 N–H and O–H groups in total. The number of rotatable bonds is 6. The van der Waals surface area contributed by atoms with E-state index in [1.807, 2.05) is 6.92 Å². The zero-order chi connectivity index (χ0) is 13.8. The second kappa shape index (κ2) is 6.91. The van der Waals surface area contributed by atoms with Crippen LogP contribution in [-0.4, -0.2) is 67.5 Å². The van der Waals surface area contributed by atoms with Crippen molar-refractivity contribution in [1.82, 2.24) is 9.96 Å². The zero-order valence-corrected chi connectivity index (χ0v) is 15.1. The molecule has 0 radical (unpaired) electrons. The molecule has 0 aromatic rings. The van der Waals surface area contributed by atoms with Crippen LogP contribution in [0.25, 0.3) is 0 Å². The molecule has 0 fully saturated rings. The Bertz CT molecular complexity index is 313. The Kier molecular flexibility index (Phi) is 6.14. The molecule has 4 nitrogen and oxygen atoms in total. The van der Waals surface area contributed by atoms with Gasteiger partial charge in [-0.1, -0.05) is 0 Å². The molecule has 0 saturated heterocycles. The average molecular weight is 361 g/mol. The third-order valence-electron chi connectivity index (χ3n) is 3.17. The van der Waals surface area contributed by atoms with Gasteiger partial charge in [-0.25, -0.2) is 0 Å². The quantitative estimate of drug-likeness (QED) is 0.412. The first kappa shape index (κ1) is 16.0. The first-order chi connectivity index (χ1) is 8.38. The van der Waals surface area contributed by atoms with Crippen molar-refractivity contribution in [3.8, 4) is 0 Å². The zero-order valence-electron chi connectivity index (χ0n) is 12.3. The first-order valence-electron chi connectivity index (χ1n) is 6.64. The standard InChI is InChI=1S/C10H17N2O2.3CH3.Sn/c1-3-7-14-12(9-13)10-5-4-6-11(2)8-10;;;;/h5,9-10H,3,6-8H2,1-2H3;3*1H3;. The van der Waals surface area contributed by atoms with Gasteiger partial charge in [0.05, 0.1) is 0 Å². The molecule has 5 heteroatoms. The van der Waals surface area contributed by atoms with Crippen LogP contribution in [0.15, 0.2) is 9.67 Å². The van der Waals surface area contributed by atoms with Crippen molar-refractivity contribution in [2.75, 3.05) is 26.7 Å². The molecule has 1 unspecified atom stereocenters. The molecule has 1 rings (SSSR count). The van der Waals surface area contributed by atoms with Crippen molar-refractivity contribution in [2.24, 2.45) is 0 Å². The van der Waals surface area contributed by atoms with Gasteiger partial charge in [0.1, 0.15) is 0 Å². The number of carbonyl (C=O) groups is 1. The van der Waals surface area contributed by atoms with Crippen LogP contribution in [0.2, 0.25) is 14.8 Å². The van der Waals surface area contributed by atoms with Crippen LogP contribution in [0.4, 0.5) is 0 Å². The molecule has 1 atom stereocenters. The number of likely N-dealkylation sites (N-methyl/N-ethyl adjacent to an activating group) is 1. The summed E-state index contributed by atoms with van der Waals surface area (Å²) in [6.45, 7) is 4.55. The molecule has 1 heterocycles. The summed E-state index contributed by atoms with van der Waals surface area (Å²) in [4.78, 5) is 26.2. The number of hydrogen-bond acceptors (Lipinski definition) is 3. The SMILES string of the molecule is CCCON(C=O)C1C=[C]([Sn]([CH3])([CH3])[CH3])CN(C)C1. The van der Waals surface area contributed by atoms with Gasteiger partial charge in [0, 0.05) is 0 Å². The summed E-state index contributed by atoms with van der Waals surface area (Å²) in [7, 11) is 2.11. The molecule has 0 bridgehead atoms. The Morgan fingerprint density at radius 1 is 1.56 bits per heavy atom. The van der Waals surface area contributed by atoms with Crippen LogP contribution < -0.4 is 0 Å². The predicted octanol–water partition coefficient (Wildman–Crippen LogP) is 1.90.